The molecule has 0 radical (unpaired) electrons. The summed E-state index contributed by atoms with van der Waals surface area (Å²) >= 11 is 6.00. The number of amides is 1. The first-order chi connectivity index (χ1) is 12.2. The summed E-state index contributed by atoms with van der Waals surface area (Å²) in [5.74, 6) is 0.256. The predicted molar refractivity (Wildman–Crippen MR) is 106 cm³/mol. The van der Waals surface area contributed by atoms with Gasteiger partial charge < -0.3 is 5.32 Å². The van der Waals surface area contributed by atoms with E-state index in [9.17, 15) is 13.2 Å². The Balaban J connectivity index is 2.13. The SMILES string of the molecule is CC(C)C(CNC(=O)c1ccc(Cl)c(NS(C)(=O)=O)c1)c1ccccc1. The van der Waals surface area contributed by atoms with Gasteiger partial charge in [-0.15, -0.1) is 0 Å². The highest BCUT2D eigenvalue weighted by molar-refractivity contribution is 7.92. The lowest BCUT2D eigenvalue weighted by Crippen LogP contribution is -2.30. The zero-order chi connectivity index (χ0) is 19.3. The van der Waals surface area contributed by atoms with Gasteiger partial charge in [-0.25, -0.2) is 8.42 Å². The van der Waals surface area contributed by atoms with Crippen molar-refractivity contribution < 1.29 is 13.2 Å². The van der Waals surface area contributed by atoms with Crippen molar-refractivity contribution in [1.29, 1.82) is 0 Å². The quantitative estimate of drug-likeness (QED) is 0.748. The van der Waals surface area contributed by atoms with E-state index in [2.05, 4.69) is 23.9 Å². The van der Waals surface area contributed by atoms with Gasteiger partial charge in [0.2, 0.25) is 10.0 Å². The predicted octanol–water partition coefficient (Wildman–Crippen LogP) is 3.88. The molecule has 0 fully saturated rings. The van der Waals surface area contributed by atoms with E-state index in [4.69, 9.17) is 11.6 Å². The number of carbonyl (C=O) groups is 1. The lowest BCUT2D eigenvalue weighted by Gasteiger charge is -2.22. The third kappa shape index (κ3) is 5.75. The molecule has 0 bridgehead atoms. The van der Waals surface area contributed by atoms with Crippen LogP contribution in [0.2, 0.25) is 5.02 Å². The van der Waals surface area contributed by atoms with Gasteiger partial charge in [0.15, 0.2) is 0 Å². The third-order valence-electron chi connectivity index (χ3n) is 4.04. The topological polar surface area (TPSA) is 75.3 Å². The van der Waals surface area contributed by atoms with E-state index in [-0.39, 0.29) is 22.5 Å². The van der Waals surface area contributed by atoms with E-state index >= 15 is 0 Å². The van der Waals surface area contributed by atoms with Crippen LogP contribution in [0.25, 0.3) is 0 Å². The first kappa shape index (κ1) is 20.3. The molecule has 0 aliphatic heterocycles. The molecule has 0 spiro atoms. The van der Waals surface area contributed by atoms with Gasteiger partial charge in [0, 0.05) is 18.0 Å². The Bertz CT molecular complexity index is 868. The maximum Gasteiger partial charge on any atom is 0.251 e. The van der Waals surface area contributed by atoms with E-state index in [1.54, 1.807) is 6.07 Å². The maximum atomic E-state index is 12.5. The van der Waals surface area contributed by atoms with Crippen LogP contribution in [-0.4, -0.2) is 27.1 Å². The average molecular weight is 395 g/mol. The van der Waals surface area contributed by atoms with Crippen molar-refractivity contribution in [1.82, 2.24) is 5.32 Å². The summed E-state index contributed by atoms with van der Waals surface area (Å²) < 4.78 is 25.1. The van der Waals surface area contributed by atoms with Crippen LogP contribution in [0.5, 0.6) is 0 Å². The Morgan fingerprint density at radius 2 is 1.77 bits per heavy atom. The molecule has 1 atom stereocenters. The molecule has 2 aromatic rings. The fraction of sp³-hybridized carbons (Fsp3) is 0.316. The van der Waals surface area contributed by atoms with Gasteiger partial charge in [-0.2, -0.15) is 0 Å². The number of sulfonamides is 1. The lowest BCUT2D eigenvalue weighted by molar-refractivity contribution is 0.0949. The van der Waals surface area contributed by atoms with Gasteiger partial charge in [-0.3, -0.25) is 9.52 Å². The number of hydrogen-bond acceptors (Lipinski definition) is 3. The van der Waals surface area contributed by atoms with Crippen LogP contribution in [0.3, 0.4) is 0 Å². The molecule has 0 aromatic heterocycles. The Hall–Kier alpha value is -2.05. The van der Waals surface area contributed by atoms with Crippen LogP contribution in [0, 0.1) is 5.92 Å². The van der Waals surface area contributed by atoms with E-state index < -0.39 is 10.0 Å². The molecule has 140 valence electrons. The van der Waals surface area contributed by atoms with Gasteiger partial charge in [-0.1, -0.05) is 55.8 Å². The number of anilines is 1. The van der Waals surface area contributed by atoms with Crippen molar-refractivity contribution in [3.05, 3.63) is 64.7 Å². The van der Waals surface area contributed by atoms with Crippen LogP contribution < -0.4 is 10.0 Å². The van der Waals surface area contributed by atoms with Crippen LogP contribution in [0.4, 0.5) is 5.69 Å². The Morgan fingerprint density at radius 1 is 1.12 bits per heavy atom. The van der Waals surface area contributed by atoms with E-state index in [1.807, 2.05) is 30.3 Å². The Labute approximate surface area is 159 Å². The number of benzene rings is 2. The molecule has 5 nitrogen and oxygen atoms in total. The summed E-state index contributed by atoms with van der Waals surface area (Å²) in [4.78, 5) is 12.5. The second-order valence-corrected chi connectivity index (χ2v) is 8.70. The summed E-state index contributed by atoms with van der Waals surface area (Å²) in [6.07, 6.45) is 1.03. The van der Waals surface area contributed by atoms with Crippen molar-refractivity contribution in [2.75, 3.05) is 17.5 Å². The normalized spacial score (nSPS) is 12.7. The fourth-order valence-corrected chi connectivity index (χ4v) is 3.48. The number of nitrogens with one attached hydrogen (secondary N) is 2. The first-order valence-electron chi connectivity index (χ1n) is 8.28. The van der Waals surface area contributed by atoms with Gasteiger partial charge >= 0.3 is 0 Å². The molecule has 2 N–H and O–H groups in total. The second-order valence-electron chi connectivity index (χ2n) is 6.54. The molecule has 2 rings (SSSR count). The lowest BCUT2D eigenvalue weighted by atomic mass is 9.88. The number of hydrogen-bond donors (Lipinski definition) is 2. The Kier molecular flexibility index (Phi) is 6.67. The highest BCUT2D eigenvalue weighted by atomic mass is 35.5. The second kappa shape index (κ2) is 8.56. The minimum Gasteiger partial charge on any atom is -0.351 e. The summed E-state index contributed by atoms with van der Waals surface area (Å²) in [7, 11) is -3.48. The third-order valence-corrected chi connectivity index (χ3v) is 4.96. The van der Waals surface area contributed by atoms with Crippen molar-refractivity contribution in [3.8, 4) is 0 Å². The highest BCUT2D eigenvalue weighted by Crippen LogP contribution is 2.25. The van der Waals surface area contributed by atoms with Crippen molar-refractivity contribution in [3.63, 3.8) is 0 Å². The van der Waals surface area contributed by atoms with Gasteiger partial charge in [0.1, 0.15) is 0 Å². The molecule has 0 aliphatic carbocycles. The summed E-state index contributed by atoms with van der Waals surface area (Å²) in [5.41, 5.74) is 1.69. The molecular weight excluding hydrogens is 372 g/mol. The molecule has 1 amide bonds. The molecule has 0 saturated heterocycles. The molecule has 1 unspecified atom stereocenters. The largest absolute Gasteiger partial charge is 0.351 e. The highest BCUT2D eigenvalue weighted by Gasteiger charge is 2.18. The minimum atomic E-state index is -3.48. The van der Waals surface area contributed by atoms with Gasteiger partial charge in [0.25, 0.3) is 5.91 Å². The standard InChI is InChI=1S/C19H23ClN2O3S/c1-13(2)16(14-7-5-4-6-8-14)12-21-19(23)15-9-10-17(20)18(11-15)22-26(3,24)25/h4-11,13,16,22H,12H2,1-3H3,(H,21,23). The minimum absolute atomic E-state index is 0.182. The number of carbonyl (C=O) groups excluding carboxylic acids is 1. The molecule has 7 heteroatoms. The van der Waals surface area contributed by atoms with E-state index in [0.717, 1.165) is 6.26 Å². The van der Waals surface area contributed by atoms with Crippen molar-refractivity contribution >= 4 is 33.2 Å². The maximum absolute atomic E-state index is 12.5. The summed E-state index contributed by atoms with van der Waals surface area (Å²) in [6.45, 7) is 4.71. The van der Waals surface area contributed by atoms with Gasteiger partial charge in [0.05, 0.1) is 17.0 Å². The van der Waals surface area contributed by atoms with E-state index in [0.29, 0.717) is 18.0 Å². The average Bonchev–Trinajstić information content (AvgIpc) is 2.56. The molecule has 26 heavy (non-hydrogen) atoms. The smallest absolute Gasteiger partial charge is 0.251 e. The number of rotatable bonds is 7. The summed E-state index contributed by atoms with van der Waals surface area (Å²) in [5, 5.41) is 3.16. The number of halogens is 1. The zero-order valence-electron chi connectivity index (χ0n) is 15.0. The van der Waals surface area contributed by atoms with Crippen LogP contribution in [-0.2, 0) is 10.0 Å². The van der Waals surface area contributed by atoms with E-state index in [1.165, 1.54) is 17.7 Å². The van der Waals surface area contributed by atoms with Crippen LogP contribution in [0.15, 0.2) is 48.5 Å². The molecule has 0 aliphatic rings. The Morgan fingerprint density at radius 3 is 2.35 bits per heavy atom. The van der Waals surface area contributed by atoms with Crippen LogP contribution >= 0.6 is 11.6 Å². The molecular formula is C19H23ClN2O3S. The van der Waals surface area contributed by atoms with Crippen LogP contribution in [0.1, 0.15) is 35.7 Å². The molecule has 0 heterocycles. The zero-order valence-corrected chi connectivity index (χ0v) is 16.6. The van der Waals surface area contributed by atoms with Crippen molar-refractivity contribution in [2.45, 2.75) is 19.8 Å². The first-order valence-corrected chi connectivity index (χ1v) is 10.5. The fourth-order valence-electron chi connectivity index (χ4n) is 2.69. The van der Waals surface area contributed by atoms with Crippen molar-refractivity contribution in [2.24, 2.45) is 5.92 Å². The summed E-state index contributed by atoms with van der Waals surface area (Å²) in [6, 6.07) is 14.5. The van der Waals surface area contributed by atoms with Gasteiger partial charge in [-0.05, 0) is 29.7 Å². The molecule has 2 aromatic carbocycles. The molecule has 0 saturated carbocycles. The monoisotopic (exact) mass is 394 g/mol.